The Kier molecular flexibility index (Phi) is 6.82. The number of aryl methyl sites for hydroxylation is 1. The van der Waals surface area contributed by atoms with Gasteiger partial charge in [-0.25, -0.2) is 4.98 Å². The lowest BCUT2D eigenvalue weighted by atomic mass is 9.64. The maximum absolute atomic E-state index is 14.1. The molecule has 6 rings (SSSR count). The van der Waals surface area contributed by atoms with E-state index in [0.29, 0.717) is 28.4 Å². The Bertz CT molecular complexity index is 1480. The Hall–Kier alpha value is -3.44. The van der Waals surface area contributed by atoms with E-state index in [2.05, 4.69) is 22.2 Å². The van der Waals surface area contributed by atoms with Gasteiger partial charge in [-0.2, -0.15) is 0 Å². The Labute approximate surface area is 237 Å². The van der Waals surface area contributed by atoms with Crippen LogP contribution in [-0.4, -0.2) is 59.0 Å². The minimum Gasteiger partial charge on any atom is -0.439 e. The molecule has 2 aromatic carbocycles. The van der Waals surface area contributed by atoms with Crippen LogP contribution in [-0.2, 0) is 15.1 Å². The van der Waals surface area contributed by atoms with E-state index in [4.69, 9.17) is 21.9 Å². The summed E-state index contributed by atoms with van der Waals surface area (Å²) < 4.78 is 5.89. The highest BCUT2D eigenvalue weighted by Crippen LogP contribution is 2.56. The number of nitrogens with zero attached hydrogens (tertiary/aromatic N) is 2. The molecule has 7 N–H and O–H groups in total. The van der Waals surface area contributed by atoms with Gasteiger partial charge in [-0.1, -0.05) is 18.2 Å². The van der Waals surface area contributed by atoms with Crippen molar-refractivity contribution in [2.24, 2.45) is 11.5 Å². The molecule has 208 valence electrons. The van der Waals surface area contributed by atoms with E-state index >= 15 is 0 Å². The number of hydrogen-bond acceptors (Lipinski definition) is 9. The summed E-state index contributed by atoms with van der Waals surface area (Å²) >= 11 is 1.39. The van der Waals surface area contributed by atoms with Crippen LogP contribution in [0, 0.1) is 6.92 Å². The fraction of sp³-hybridized carbons (Fsp3) is 0.367. The van der Waals surface area contributed by atoms with Gasteiger partial charge in [0.1, 0.15) is 11.3 Å². The Morgan fingerprint density at radius 2 is 2.00 bits per heavy atom. The van der Waals surface area contributed by atoms with Crippen LogP contribution in [0.2, 0.25) is 0 Å². The molecule has 5 atom stereocenters. The summed E-state index contributed by atoms with van der Waals surface area (Å²) in [7, 11) is 2.06. The first-order valence-electron chi connectivity index (χ1n) is 13.6. The topological polar surface area (TPSA) is 150 Å². The monoisotopic (exact) mass is 558 g/mol. The summed E-state index contributed by atoms with van der Waals surface area (Å²) in [6.07, 6.45) is 3.61. The number of aromatic nitrogens is 1. The van der Waals surface area contributed by atoms with Gasteiger partial charge in [-0.3, -0.25) is 9.59 Å². The predicted octanol–water partition coefficient (Wildman–Crippen LogP) is 2.65. The summed E-state index contributed by atoms with van der Waals surface area (Å²) in [5.41, 5.74) is 22.2. The lowest BCUT2D eigenvalue weighted by Gasteiger charge is -2.42. The first kappa shape index (κ1) is 26.8. The van der Waals surface area contributed by atoms with Gasteiger partial charge in [0, 0.05) is 41.4 Å². The number of nitrogen functional groups attached to an aromatic ring is 1. The van der Waals surface area contributed by atoms with Gasteiger partial charge in [0.05, 0.1) is 11.3 Å². The van der Waals surface area contributed by atoms with Crippen molar-refractivity contribution in [3.8, 4) is 11.6 Å². The molecule has 10 heteroatoms. The number of rotatable bonds is 5. The van der Waals surface area contributed by atoms with Crippen LogP contribution in [0.5, 0.6) is 11.6 Å². The third-order valence-electron chi connectivity index (χ3n) is 8.35. The quantitative estimate of drug-likeness (QED) is 0.347. The molecule has 9 nitrogen and oxygen atoms in total. The van der Waals surface area contributed by atoms with E-state index < -0.39 is 22.7 Å². The number of hydrogen-bond donors (Lipinski definition) is 4. The number of thioether (sulfide) groups is 1. The summed E-state index contributed by atoms with van der Waals surface area (Å²) in [6.45, 7) is 3.71. The van der Waals surface area contributed by atoms with Gasteiger partial charge in [-0.15, -0.1) is 11.8 Å². The van der Waals surface area contributed by atoms with Crippen LogP contribution in [0.25, 0.3) is 0 Å². The van der Waals surface area contributed by atoms with E-state index in [1.807, 2.05) is 37.3 Å². The van der Waals surface area contributed by atoms with Crippen LogP contribution in [0.4, 0.5) is 5.69 Å². The zero-order valence-electron chi connectivity index (χ0n) is 22.6. The van der Waals surface area contributed by atoms with Gasteiger partial charge in [0.25, 0.3) is 0 Å². The van der Waals surface area contributed by atoms with Crippen molar-refractivity contribution in [2.45, 2.75) is 53.5 Å². The molecule has 0 radical (unpaired) electrons. The molecule has 40 heavy (non-hydrogen) atoms. The molecule has 0 bridgehead atoms. The fourth-order valence-corrected chi connectivity index (χ4v) is 7.89. The maximum atomic E-state index is 14.1. The number of ether oxygens (including phenoxy) is 1. The number of amides is 1. The molecule has 1 aromatic heterocycles. The van der Waals surface area contributed by atoms with Crippen LogP contribution in [0.3, 0.4) is 0 Å². The molecule has 3 aliphatic rings. The number of nitrogens with two attached hydrogens (primary N) is 3. The van der Waals surface area contributed by atoms with Crippen molar-refractivity contribution in [2.75, 3.05) is 25.9 Å². The Balaban J connectivity index is 1.36. The van der Waals surface area contributed by atoms with Gasteiger partial charge in [0.15, 0.2) is 5.78 Å². The highest BCUT2D eigenvalue weighted by molar-refractivity contribution is 8.01. The molecule has 0 spiro atoms. The third kappa shape index (κ3) is 4.35. The number of likely N-dealkylation sites (tertiary alicyclic amines) is 1. The molecule has 2 aliphatic heterocycles. The molecule has 1 aliphatic carbocycles. The first-order chi connectivity index (χ1) is 19.2. The zero-order chi connectivity index (χ0) is 28.2. The number of pyridine rings is 1. The lowest BCUT2D eigenvalue weighted by molar-refractivity contribution is -0.126. The van der Waals surface area contributed by atoms with E-state index in [1.54, 1.807) is 24.4 Å². The summed E-state index contributed by atoms with van der Waals surface area (Å²) in [6, 6.07) is 13.5. The second kappa shape index (κ2) is 10.2. The van der Waals surface area contributed by atoms with E-state index in [0.717, 1.165) is 42.0 Å². The maximum Gasteiger partial charge on any atom is 0.234 e. The Morgan fingerprint density at radius 3 is 2.73 bits per heavy atom. The number of likely N-dealkylation sites (N-methyl/N-ethyl adjacent to an activating group) is 1. The van der Waals surface area contributed by atoms with Crippen molar-refractivity contribution >= 4 is 29.1 Å². The van der Waals surface area contributed by atoms with Gasteiger partial charge < -0.3 is 32.2 Å². The number of Topliss-reactive ketones (excluding diaryl/α,β-unsaturated/α-hetero) is 1. The minimum atomic E-state index is -1.50. The van der Waals surface area contributed by atoms with Crippen molar-refractivity contribution < 1.29 is 14.3 Å². The van der Waals surface area contributed by atoms with Crippen molar-refractivity contribution in [1.29, 1.82) is 0 Å². The number of nitrogens with one attached hydrogen (secondary N) is 1. The average Bonchev–Trinajstić information content (AvgIpc) is 3.34. The number of anilines is 1. The number of carbonyl (C=O) groups excluding carboxylic acids is 2. The normalized spacial score (nSPS) is 27.8. The number of piperidine rings is 1. The molecule has 3 heterocycles. The SMILES string of the molecule is Cc1cc(Oc2ccccn2)ccc1C1(N)C(=O)C(N)C2c3c1ccc(N)c3SC2C(=O)NC1CCCN(C)C1. The number of carbonyl (C=O) groups is 2. The summed E-state index contributed by atoms with van der Waals surface area (Å²) in [4.78, 5) is 35.0. The van der Waals surface area contributed by atoms with Gasteiger partial charge in [-0.05, 0) is 79.9 Å². The van der Waals surface area contributed by atoms with Gasteiger partial charge >= 0.3 is 0 Å². The van der Waals surface area contributed by atoms with Crippen molar-refractivity contribution in [3.05, 3.63) is 77.0 Å². The molecule has 1 saturated heterocycles. The van der Waals surface area contributed by atoms with Crippen LogP contribution in [0.1, 0.15) is 41.0 Å². The van der Waals surface area contributed by atoms with Crippen LogP contribution < -0.4 is 27.3 Å². The predicted molar refractivity (Wildman–Crippen MR) is 155 cm³/mol. The van der Waals surface area contributed by atoms with Crippen LogP contribution in [0.15, 0.2) is 59.6 Å². The molecular weight excluding hydrogens is 524 g/mol. The summed E-state index contributed by atoms with van der Waals surface area (Å²) in [5.74, 6) is 0.0956. The highest BCUT2D eigenvalue weighted by Gasteiger charge is 2.57. The Morgan fingerprint density at radius 1 is 1.20 bits per heavy atom. The zero-order valence-corrected chi connectivity index (χ0v) is 23.4. The molecule has 0 saturated carbocycles. The fourth-order valence-electron chi connectivity index (χ4n) is 6.43. The molecule has 1 fully saturated rings. The molecule has 3 aromatic rings. The minimum absolute atomic E-state index is 0.0611. The molecule has 5 unspecified atom stereocenters. The van der Waals surface area contributed by atoms with E-state index in [1.165, 1.54) is 11.8 Å². The van der Waals surface area contributed by atoms with Crippen molar-refractivity contribution in [1.82, 2.24) is 15.2 Å². The van der Waals surface area contributed by atoms with Crippen LogP contribution >= 0.6 is 11.8 Å². The smallest absolute Gasteiger partial charge is 0.234 e. The second-order valence-electron chi connectivity index (χ2n) is 11.1. The summed E-state index contributed by atoms with van der Waals surface area (Å²) in [5, 5.41) is 2.65. The largest absolute Gasteiger partial charge is 0.439 e. The molecule has 1 amide bonds. The van der Waals surface area contributed by atoms with E-state index in [-0.39, 0.29) is 17.7 Å². The first-order valence-corrected chi connectivity index (χ1v) is 14.4. The third-order valence-corrected chi connectivity index (χ3v) is 9.80. The highest BCUT2D eigenvalue weighted by atomic mass is 32.2. The lowest BCUT2D eigenvalue weighted by Crippen LogP contribution is -2.61. The number of ketones is 1. The van der Waals surface area contributed by atoms with Gasteiger partial charge in [0.2, 0.25) is 11.8 Å². The van der Waals surface area contributed by atoms with E-state index in [9.17, 15) is 9.59 Å². The average molecular weight is 559 g/mol. The molecular formula is C30H34N6O3S. The standard InChI is InChI=1S/C30H34N6O3S/c1-16-14-18(39-22-7-3-4-12-34-22)8-9-19(16)30(33)20-10-11-21(31)26-23(20)24(25(32)28(30)37)27(40-26)29(38)35-17-6-5-13-36(2)15-17/h3-4,7-12,14,17,24-25,27H,5-6,13,15,31-33H2,1-2H3,(H,35,38). The second-order valence-corrected chi connectivity index (χ2v) is 12.2. The number of benzene rings is 2. The van der Waals surface area contributed by atoms with Crippen molar-refractivity contribution in [3.63, 3.8) is 0 Å².